The second-order valence-electron chi connectivity index (χ2n) is 10.6. The fraction of sp³-hybridized carbons (Fsp3) is 0.0645. The number of nitrogens with one attached hydrogen (secondary N) is 2. The molecule has 0 heterocycles. The van der Waals surface area contributed by atoms with Gasteiger partial charge in [-0.05, 0) is 79.2 Å². The van der Waals surface area contributed by atoms with Gasteiger partial charge >= 0.3 is 6.03 Å². The average Bonchev–Trinajstić information content (AvgIpc) is 3.05. The maximum Gasteiger partial charge on any atom is 0.323 e. The number of ether oxygens (including phenoxy) is 1. The van der Waals surface area contributed by atoms with E-state index in [0.29, 0.717) is 22.6 Å². The van der Waals surface area contributed by atoms with E-state index in [2.05, 4.69) is 31.1 Å². The van der Waals surface area contributed by atoms with E-state index >= 15 is 0 Å². The predicted molar refractivity (Wildman–Crippen MR) is 202 cm³/mol. The van der Waals surface area contributed by atoms with Crippen molar-refractivity contribution in [2.75, 3.05) is 17.7 Å². The molecule has 0 aromatic heterocycles. The quantitative estimate of drug-likeness (QED) is 0.0599. The van der Waals surface area contributed by atoms with Gasteiger partial charge in [0.25, 0.3) is 30.4 Å². The number of anilines is 2. The zero-order valence-electron chi connectivity index (χ0n) is 29.3. The number of nitrogens with zero attached hydrogens (tertiary/aromatic N) is 4. The molecule has 5 N–H and O–H groups in total. The van der Waals surface area contributed by atoms with Gasteiger partial charge in [0.1, 0.15) is 15.5 Å². The number of hydrogen-bond acceptors (Lipinski definition) is 12. The van der Waals surface area contributed by atoms with Gasteiger partial charge in [-0.2, -0.15) is 45.7 Å². The molecule has 0 saturated carbocycles. The Morgan fingerprint density at radius 3 is 1.85 bits per heavy atom. The normalized spacial score (nSPS) is 11.7. The Bertz CT molecular complexity index is 2610. The van der Waals surface area contributed by atoms with E-state index in [0.717, 1.165) is 18.2 Å². The van der Waals surface area contributed by atoms with Crippen LogP contribution in [0.5, 0.6) is 5.75 Å². The van der Waals surface area contributed by atoms with Crippen LogP contribution in [0, 0.1) is 6.92 Å². The summed E-state index contributed by atoms with van der Waals surface area (Å²) in [5.41, 5.74) is 1.81. The summed E-state index contributed by atoms with van der Waals surface area (Å²) >= 11 is 0. The second kappa shape index (κ2) is 19.5. The Hall–Kier alpha value is -2.64. The van der Waals surface area contributed by atoms with Crippen LogP contribution in [0.2, 0.25) is 0 Å². The van der Waals surface area contributed by atoms with E-state index in [1.807, 2.05) is 0 Å². The van der Waals surface area contributed by atoms with Crippen molar-refractivity contribution in [3.63, 3.8) is 0 Å². The maximum atomic E-state index is 12.8. The van der Waals surface area contributed by atoms with Crippen molar-refractivity contribution >= 4 is 170 Å². The summed E-state index contributed by atoms with van der Waals surface area (Å²) in [7, 11) is -12.6. The first kappa shape index (κ1) is 47.5. The van der Waals surface area contributed by atoms with Gasteiger partial charge in [0.05, 0.1) is 40.4 Å². The molecular weight excluding hydrogens is 798 g/mol. The molecule has 0 aliphatic rings. The Morgan fingerprint density at radius 2 is 1.24 bits per heavy atom. The van der Waals surface area contributed by atoms with Crippen LogP contribution in [0.3, 0.4) is 0 Å². The van der Waals surface area contributed by atoms with Crippen LogP contribution in [-0.4, -0.2) is 141 Å². The summed E-state index contributed by atoms with van der Waals surface area (Å²) in [6.45, 7) is 1.66. The summed E-state index contributed by atoms with van der Waals surface area (Å²) in [4.78, 5) is 11.3. The summed E-state index contributed by atoms with van der Waals surface area (Å²) in [6.07, 6.45) is 0. The van der Waals surface area contributed by atoms with Crippen LogP contribution < -0.4 is 15.4 Å². The summed E-state index contributed by atoms with van der Waals surface area (Å²) < 4.78 is 105. The number of carbonyl (C=O) groups excluding carboxylic acids is 1. The Balaban J connectivity index is 0.00000336. The van der Waals surface area contributed by atoms with Crippen molar-refractivity contribution in [3.8, 4) is 5.75 Å². The van der Waals surface area contributed by atoms with Crippen LogP contribution in [0.15, 0.2) is 126 Å². The molecule has 3 radical (unpaired) electrons. The maximum absolute atomic E-state index is 12.8. The molecule has 54 heavy (non-hydrogen) atoms. The van der Waals surface area contributed by atoms with Crippen molar-refractivity contribution < 1.29 is 48.4 Å². The van der Waals surface area contributed by atoms with Gasteiger partial charge in [0.15, 0.2) is 0 Å². The number of aryl methyl sites for hydroxylation is 1. The Labute approximate surface area is 376 Å². The van der Waals surface area contributed by atoms with Crippen LogP contribution in [0.1, 0.15) is 5.56 Å². The van der Waals surface area contributed by atoms with E-state index in [1.54, 1.807) is 13.0 Å². The minimum absolute atomic E-state index is 0. The van der Waals surface area contributed by atoms with Gasteiger partial charge in [0, 0.05) is 111 Å². The monoisotopic (exact) mass is 823 g/mol. The van der Waals surface area contributed by atoms with Crippen LogP contribution in [0.4, 0.5) is 38.9 Å². The van der Waals surface area contributed by atoms with Crippen LogP contribution >= 0.6 is 0 Å². The Morgan fingerprint density at radius 1 is 0.611 bits per heavy atom. The molecule has 0 aliphatic carbocycles. The summed E-state index contributed by atoms with van der Waals surface area (Å²) in [5.74, 6) is 0.231. The van der Waals surface area contributed by atoms with Gasteiger partial charge < -0.3 is 15.4 Å². The fourth-order valence-corrected chi connectivity index (χ4v) is 6.66. The molecule has 0 saturated heterocycles. The molecule has 0 unspecified atom stereocenters. The third-order valence-corrected chi connectivity index (χ3v) is 9.67. The molecule has 5 aromatic carbocycles. The van der Waals surface area contributed by atoms with Gasteiger partial charge in [-0.15, -0.1) is 0 Å². The fourth-order valence-electron chi connectivity index (χ4n) is 4.71. The molecule has 267 valence electrons. The number of carbonyl (C=O) groups is 1. The van der Waals surface area contributed by atoms with Crippen molar-refractivity contribution in [2.45, 2.75) is 21.6 Å². The van der Waals surface area contributed by atoms with E-state index in [1.165, 1.54) is 73.8 Å². The van der Waals surface area contributed by atoms with Crippen molar-refractivity contribution in [1.82, 2.24) is 0 Å². The summed E-state index contributed by atoms with van der Waals surface area (Å²) in [5, 5.41) is 21.1. The minimum Gasteiger partial charge on any atom is -0.494 e. The van der Waals surface area contributed by atoms with Crippen molar-refractivity contribution in [1.29, 1.82) is 0 Å². The van der Waals surface area contributed by atoms with Gasteiger partial charge in [-0.1, -0.05) is 18.2 Å². The summed E-state index contributed by atoms with van der Waals surface area (Å²) in [6, 6.07) is 19.4. The van der Waals surface area contributed by atoms with Gasteiger partial charge in [-0.25, -0.2) is 4.79 Å². The Kier molecular flexibility index (Phi) is 17.1. The number of amides is 2. The standard InChI is InChI=1S/C31H26N6O11S3.3Na/c1-18-13-19(9-11-26(18)37-36-22-15-25-24(30(17-22)51(45,46)47)7-4-8-29(25)50(42,43)44)32-31(38)33-27-12-10-21(16-28(27)48-2)35-34-20-5-3-6-23(14-20)49(39,40)41;;;/h3-17H,1-2H3,(H2,32,33,38)(H,39,40,41)(H,42,43,44)(H,45,46,47);;;. The number of urea groups is 1. The molecule has 17 nitrogen and oxygen atoms in total. The topological polar surface area (TPSA) is 263 Å². The number of azo groups is 2. The van der Waals surface area contributed by atoms with Crippen molar-refractivity contribution in [2.24, 2.45) is 20.5 Å². The average molecular weight is 824 g/mol. The molecule has 0 spiro atoms. The van der Waals surface area contributed by atoms with Crippen molar-refractivity contribution in [3.05, 3.63) is 96.6 Å². The first-order valence-electron chi connectivity index (χ1n) is 14.2. The van der Waals surface area contributed by atoms with Crippen LogP contribution in [-0.2, 0) is 30.4 Å². The number of methoxy groups -OCH3 is 1. The largest absolute Gasteiger partial charge is 0.494 e. The second-order valence-corrected chi connectivity index (χ2v) is 14.8. The number of benzene rings is 5. The molecular formula is C31H26N6Na3O11S3. The molecule has 0 fully saturated rings. The molecule has 2 amide bonds. The number of fused-ring (bicyclic) bond motifs is 1. The van der Waals surface area contributed by atoms with E-state index in [9.17, 15) is 43.7 Å². The zero-order chi connectivity index (χ0) is 37.1. The minimum atomic E-state index is -4.84. The molecule has 5 rings (SSSR count). The smallest absolute Gasteiger partial charge is 0.323 e. The first-order valence-corrected chi connectivity index (χ1v) is 18.5. The van der Waals surface area contributed by atoms with Crippen LogP contribution in [0.25, 0.3) is 10.8 Å². The molecule has 0 atom stereocenters. The van der Waals surface area contributed by atoms with E-state index in [-0.39, 0.29) is 127 Å². The molecule has 0 aliphatic heterocycles. The van der Waals surface area contributed by atoms with E-state index < -0.39 is 46.2 Å². The first-order chi connectivity index (χ1) is 23.9. The zero-order valence-corrected chi connectivity index (χ0v) is 37.7. The van der Waals surface area contributed by atoms with Gasteiger partial charge in [0.2, 0.25) is 0 Å². The number of hydrogen-bond donors (Lipinski definition) is 5. The molecule has 23 heteroatoms. The van der Waals surface area contributed by atoms with E-state index in [4.69, 9.17) is 4.74 Å². The SMILES string of the molecule is COc1cc(N=Nc2cccc(S(=O)(=O)O)c2)ccc1NC(=O)Nc1ccc(N=Nc2cc(S(=O)(=O)O)c3cccc(S(=O)(=O)O)c3c2)c(C)c1.[Na].[Na].[Na]. The molecule has 5 aromatic rings. The predicted octanol–water partition coefficient (Wildman–Crippen LogP) is 6.23. The number of rotatable bonds is 10. The van der Waals surface area contributed by atoms with Gasteiger partial charge in [-0.3, -0.25) is 13.7 Å². The third-order valence-electron chi connectivity index (χ3n) is 7.02. The third kappa shape index (κ3) is 12.2. The molecule has 0 bridgehead atoms.